The number of hydrogen-bond acceptors (Lipinski definition) is 1. The van der Waals surface area contributed by atoms with Crippen LogP contribution in [0.25, 0.3) is 0 Å². The first-order valence-corrected chi connectivity index (χ1v) is 8.17. The van der Waals surface area contributed by atoms with E-state index in [9.17, 15) is 0 Å². The molecule has 0 saturated carbocycles. The molecule has 21 heavy (non-hydrogen) atoms. The van der Waals surface area contributed by atoms with Gasteiger partial charge >= 0.3 is 0 Å². The highest BCUT2D eigenvalue weighted by molar-refractivity contribution is 5.25. The minimum Gasteiger partial charge on any atom is -0.392 e. The first kappa shape index (κ1) is 18.0. The molecule has 0 fully saturated rings. The Kier molecular flexibility index (Phi) is 7.17. The average Bonchev–Trinajstić information content (AvgIpc) is 2.37. The van der Waals surface area contributed by atoms with E-state index in [1.54, 1.807) is 11.1 Å². The highest BCUT2D eigenvalue weighted by atomic mass is 16.2. The Morgan fingerprint density at radius 2 is 2.00 bits per heavy atom. The molecule has 0 aromatic heterocycles. The molecule has 1 heteroatoms. The fraction of sp³-hybridized carbons (Fsp3) is 0.600. The summed E-state index contributed by atoms with van der Waals surface area (Å²) in [5.41, 5.74) is 6.22. The lowest BCUT2D eigenvalue weighted by atomic mass is 9.71. The van der Waals surface area contributed by atoms with E-state index in [-0.39, 0.29) is 6.61 Å². The third-order valence-electron chi connectivity index (χ3n) is 4.61. The van der Waals surface area contributed by atoms with Crippen molar-refractivity contribution < 1.29 is 5.11 Å². The van der Waals surface area contributed by atoms with Gasteiger partial charge in [-0.25, -0.2) is 0 Å². The lowest BCUT2D eigenvalue weighted by Gasteiger charge is -2.34. The number of aliphatic hydroxyl groups is 1. The molecular weight excluding hydrogens is 256 g/mol. The first-order chi connectivity index (χ1) is 9.86. The molecule has 0 radical (unpaired) electrons. The molecular formula is C20H32O. The molecule has 1 aliphatic rings. The summed E-state index contributed by atoms with van der Waals surface area (Å²) < 4.78 is 0. The Balaban J connectivity index is 2.60. The van der Waals surface area contributed by atoms with Gasteiger partial charge in [-0.1, -0.05) is 60.4 Å². The van der Waals surface area contributed by atoms with Gasteiger partial charge in [0.2, 0.25) is 0 Å². The number of hydrogen-bond donors (Lipinski definition) is 1. The van der Waals surface area contributed by atoms with Crippen LogP contribution < -0.4 is 0 Å². The van der Waals surface area contributed by atoms with E-state index in [0.29, 0.717) is 5.41 Å². The fourth-order valence-electron chi connectivity index (χ4n) is 3.21. The minimum atomic E-state index is 0.112. The van der Waals surface area contributed by atoms with Crippen LogP contribution in [0.3, 0.4) is 0 Å². The number of rotatable bonds is 6. The van der Waals surface area contributed by atoms with Crippen molar-refractivity contribution in [1.82, 2.24) is 0 Å². The summed E-state index contributed by atoms with van der Waals surface area (Å²) in [5, 5.41) is 8.82. The predicted octanol–water partition coefficient (Wildman–Crippen LogP) is 5.73. The SMILES string of the molecule is CC(C=CC=C(C)CCC1=C(C)CCCC1(C)C)=CCO. The Morgan fingerprint density at radius 3 is 2.62 bits per heavy atom. The van der Waals surface area contributed by atoms with Gasteiger partial charge in [0, 0.05) is 0 Å². The van der Waals surface area contributed by atoms with E-state index < -0.39 is 0 Å². The number of aliphatic hydroxyl groups excluding tert-OH is 1. The lowest BCUT2D eigenvalue weighted by molar-refractivity contribution is 0.342. The van der Waals surface area contributed by atoms with Gasteiger partial charge in [-0.05, 0) is 58.3 Å². The summed E-state index contributed by atoms with van der Waals surface area (Å²) in [6, 6.07) is 0. The van der Waals surface area contributed by atoms with Crippen LogP contribution in [0.5, 0.6) is 0 Å². The summed E-state index contributed by atoms with van der Waals surface area (Å²) in [6.07, 6.45) is 14.4. The Bertz CT molecular complexity index is 458. The third-order valence-corrected chi connectivity index (χ3v) is 4.61. The second-order valence-corrected chi connectivity index (χ2v) is 7.00. The maximum absolute atomic E-state index is 8.82. The fourth-order valence-corrected chi connectivity index (χ4v) is 3.21. The van der Waals surface area contributed by atoms with Crippen LogP contribution in [0, 0.1) is 5.41 Å². The van der Waals surface area contributed by atoms with Crippen molar-refractivity contribution in [1.29, 1.82) is 0 Å². The molecule has 0 heterocycles. The van der Waals surface area contributed by atoms with E-state index in [0.717, 1.165) is 12.0 Å². The molecule has 0 aliphatic heterocycles. The van der Waals surface area contributed by atoms with Crippen LogP contribution in [0.15, 0.2) is 46.6 Å². The van der Waals surface area contributed by atoms with Gasteiger partial charge in [-0.3, -0.25) is 0 Å². The molecule has 0 amide bonds. The van der Waals surface area contributed by atoms with Crippen LogP contribution in [0.2, 0.25) is 0 Å². The van der Waals surface area contributed by atoms with E-state index in [1.165, 1.54) is 31.3 Å². The molecule has 0 aromatic carbocycles. The molecule has 0 unspecified atom stereocenters. The van der Waals surface area contributed by atoms with E-state index >= 15 is 0 Å². The summed E-state index contributed by atoms with van der Waals surface area (Å²) in [4.78, 5) is 0. The molecule has 118 valence electrons. The lowest BCUT2D eigenvalue weighted by Crippen LogP contribution is -2.20. The Morgan fingerprint density at radius 1 is 1.29 bits per heavy atom. The molecule has 0 bridgehead atoms. The van der Waals surface area contributed by atoms with Crippen molar-refractivity contribution in [3.8, 4) is 0 Å². The number of allylic oxidation sites excluding steroid dienone is 7. The third kappa shape index (κ3) is 6.05. The van der Waals surface area contributed by atoms with Crippen molar-refractivity contribution in [3.63, 3.8) is 0 Å². The summed E-state index contributed by atoms with van der Waals surface area (Å²) in [6.45, 7) is 11.4. The predicted molar refractivity (Wildman–Crippen MR) is 93.3 cm³/mol. The summed E-state index contributed by atoms with van der Waals surface area (Å²) >= 11 is 0. The minimum absolute atomic E-state index is 0.112. The first-order valence-electron chi connectivity index (χ1n) is 8.17. The molecule has 1 rings (SSSR count). The zero-order valence-corrected chi connectivity index (χ0v) is 14.5. The van der Waals surface area contributed by atoms with Crippen molar-refractivity contribution in [2.24, 2.45) is 5.41 Å². The van der Waals surface area contributed by atoms with Crippen LogP contribution in [0.1, 0.15) is 66.7 Å². The zero-order chi connectivity index (χ0) is 15.9. The van der Waals surface area contributed by atoms with Gasteiger partial charge in [0.25, 0.3) is 0 Å². The average molecular weight is 288 g/mol. The molecule has 1 nitrogen and oxygen atoms in total. The smallest absolute Gasteiger partial charge is 0.0617 e. The van der Waals surface area contributed by atoms with Crippen LogP contribution in [0.4, 0.5) is 0 Å². The van der Waals surface area contributed by atoms with Gasteiger partial charge in [-0.2, -0.15) is 0 Å². The second-order valence-electron chi connectivity index (χ2n) is 7.00. The topological polar surface area (TPSA) is 20.2 Å². The monoisotopic (exact) mass is 288 g/mol. The quantitative estimate of drug-likeness (QED) is 0.488. The molecule has 0 atom stereocenters. The molecule has 1 N–H and O–H groups in total. The molecule has 1 aliphatic carbocycles. The summed E-state index contributed by atoms with van der Waals surface area (Å²) in [5.74, 6) is 0. The van der Waals surface area contributed by atoms with Crippen molar-refractivity contribution in [2.45, 2.75) is 66.7 Å². The van der Waals surface area contributed by atoms with E-state index in [2.05, 4.69) is 45.9 Å². The largest absolute Gasteiger partial charge is 0.392 e. The van der Waals surface area contributed by atoms with Crippen molar-refractivity contribution in [2.75, 3.05) is 6.61 Å². The van der Waals surface area contributed by atoms with Gasteiger partial charge in [0.15, 0.2) is 0 Å². The molecule has 0 spiro atoms. The van der Waals surface area contributed by atoms with Gasteiger partial charge < -0.3 is 5.11 Å². The van der Waals surface area contributed by atoms with Gasteiger partial charge in [0.1, 0.15) is 0 Å². The van der Waals surface area contributed by atoms with Gasteiger partial charge in [0.05, 0.1) is 6.61 Å². The van der Waals surface area contributed by atoms with Crippen LogP contribution in [-0.4, -0.2) is 11.7 Å². The Hall–Kier alpha value is -1.08. The summed E-state index contributed by atoms with van der Waals surface area (Å²) in [7, 11) is 0. The van der Waals surface area contributed by atoms with Crippen LogP contribution in [-0.2, 0) is 0 Å². The maximum atomic E-state index is 8.82. The molecule has 0 aromatic rings. The van der Waals surface area contributed by atoms with Gasteiger partial charge in [-0.15, -0.1) is 0 Å². The van der Waals surface area contributed by atoms with Crippen LogP contribution >= 0.6 is 0 Å². The van der Waals surface area contributed by atoms with Crippen molar-refractivity contribution >= 4 is 0 Å². The normalized spacial score (nSPS) is 20.5. The molecule has 0 saturated heterocycles. The standard InChI is InChI=1S/C20H32O/c1-16(8-6-9-17(2)13-15-21)11-12-19-18(3)10-7-14-20(19,4)5/h6,8-9,13,21H,7,10-12,14-15H2,1-5H3. The highest BCUT2D eigenvalue weighted by Crippen LogP contribution is 2.42. The maximum Gasteiger partial charge on any atom is 0.0617 e. The van der Waals surface area contributed by atoms with E-state index in [4.69, 9.17) is 5.11 Å². The zero-order valence-electron chi connectivity index (χ0n) is 14.5. The second kappa shape index (κ2) is 8.38. The van der Waals surface area contributed by atoms with E-state index in [1.807, 2.05) is 13.0 Å². The van der Waals surface area contributed by atoms with Crippen molar-refractivity contribution in [3.05, 3.63) is 46.6 Å². The highest BCUT2D eigenvalue weighted by Gasteiger charge is 2.27. The Labute approximate surface area is 131 Å².